The summed E-state index contributed by atoms with van der Waals surface area (Å²) in [5.41, 5.74) is 13.9. The van der Waals surface area contributed by atoms with Crippen molar-refractivity contribution in [2.45, 2.75) is 24.8 Å². The van der Waals surface area contributed by atoms with Crippen LogP contribution in [-0.2, 0) is 0 Å². The number of hydrogen-bond acceptors (Lipinski definition) is 3. The molecule has 1 saturated heterocycles. The molecule has 0 spiro atoms. The van der Waals surface area contributed by atoms with Crippen molar-refractivity contribution in [2.24, 2.45) is 5.73 Å². The van der Waals surface area contributed by atoms with Crippen LogP contribution in [0.1, 0.15) is 40.2 Å². The summed E-state index contributed by atoms with van der Waals surface area (Å²) in [6, 6.07) is 18.8. The molecule has 0 radical (unpaired) electrons. The molecule has 2 aliphatic rings. The molecule has 5 nitrogen and oxygen atoms in total. The molecule has 4 heterocycles. The molecule has 1 fully saturated rings. The van der Waals surface area contributed by atoms with Crippen molar-refractivity contribution >= 4 is 11.5 Å². The van der Waals surface area contributed by atoms with Gasteiger partial charge >= 0.3 is 0 Å². The summed E-state index contributed by atoms with van der Waals surface area (Å²) in [6.45, 7) is 2.01. The van der Waals surface area contributed by atoms with Crippen LogP contribution in [0.25, 0.3) is 28.0 Å². The fourth-order valence-corrected chi connectivity index (χ4v) is 5.67. The number of primary amides is 1. The molecule has 180 valence electrons. The SMILES string of the molecule is NC(=O)c1ccc([C@@H]2C[C@H]3C=C(c4c[nH]c(-c5ccc(F)cc5)c4-c4ccncc4)CCN3C2)cc1. The number of nitrogens with one attached hydrogen (secondary N) is 1. The molecule has 2 aromatic carbocycles. The first-order valence-corrected chi connectivity index (χ1v) is 12.3. The number of carbonyl (C=O) groups is 1. The van der Waals surface area contributed by atoms with Crippen molar-refractivity contribution < 1.29 is 9.18 Å². The molecule has 6 heteroatoms. The van der Waals surface area contributed by atoms with Crippen molar-refractivity contribution in [3.8, 4) is 22.4 Å². The predicted molar refractivity (Wildman–Crippen MR) is 140 cm³/mol. The first kappa shape index (κ1) is 22.4. The van der Waals surface area contributed by atoms with Gasteiger partial charge in [-0.3, -0.25) is 14.7 Å². The van der Waals surface area contributed by atoms with Gasteiger partial charge in [-0.1, -0.05) is 18.2 Å². The number of halogens is 1. The summed E-state index contributed by atoms with van der Waals surface area (Å²) in [6.07, 6.45) is 10.1. The number of aromatic nitrogens is 2. The predicted octanol–water partition coefficient (Wildman–Crippen LogP) is 5.63. The lowest BCUT2D eigenvalue weighted by Crippen LogP contribution is -2.32. The van der Waals surface area contributed by atoms with Gasteiger partial charge in [0.15, 0.2) is 0 Å². The monoisotopic (exact) mass is 478 g/mol. The van der Waals surface area contributed by atoms with Gasteiger partial charge in [0.1, 0.15) is 5.82 Å². The van der Waals surface area contributed by atoms with Crippen LogP contribution in [0.5, 0.6) is 0 Å². The van der Waals surface area contributed by atoms with Crippen molar-refractivity contribution in [3.05, 3.63) is 108 Å². The highest BCUT2D eigenvalue weighted by Crippen LogP contribution is 2.42. The lowest BCUT2D eigenvalue weighted by molar-refractivity contribution is 0.1000. The summed E-state index contributed by atoms with van der Waals surface area (Å²) in [7, 11) is 0. The molecule has 0 bridgehead atoms. The van der Waals surface area contributed by atoms with Crippen molar-refractivity contribution in [1.29, 1.82) is 0 Å². The fourth-order valence-electron chi connectivity index (χ4n) is 5.67. The Morgan fingerprint density at radius 1 is 1.00 bits per heavy atom. The molecule has 6 rings (SSSR count). The number of benzene rings is 2. The van der Waals surface area contributed by atoms with E-state index in [9.17, 15) is 9.18 Å². The topological polar surface area (TPSA) is 75.0 Å². The van der Waals surface area contributed by atoms with Crippen molar-refractivity contribution in [2.75, 3.05) is 13.1 Å². The molecule has 1 amide bonds. The van der Waals surface area contributed by atoms with Gasteiger partial charge in [-0.05, 0) is 89.6 Å². The number of rotatable bonds is 5. The van der Waals surface area contributed by atoms with E-state index in [0.29, 0.717) is 17.5 Å². The molecule has 0 unspecified atom stereocenters. The number of aromatic amines is 1. The Morgan fingerprint density at radius 3 is 2.47 bits per heavy atom. The highest BCUT2D eigenvalue weighted by molar-refractivity contribution is 5.93. The largest absolute Gasteiger partial charge is 0.366 e. The highest BCUT2D eigenvalue weighted by atomic mass is 19.1. The van der Waals surface area contributed by atoms with E-state index in [4.69, 9.17) is 5.73 Å². The fraction of sp³-hybridized carbons (Fsp3) is 0.200. The molecular formula is C30H27FN4O. The third-order valence-electron chi connectivity index (χ3n) is 7.51. The number of hydrogen-bond donors (Lipinski definition) is 2. The quantitative estimate of drug-likeness (QED) is 0.391. The van der Waals surface area contributed by atoms with Crippen molar-refractivity contribution in [1.82, 2.24) is 14.9 Å². The Bertz CT molecular complexity index is 1420. The van der Waals surface area contributed by atoms with E-state index in [0.717, 1.165) is 48.3 Å². The highest BCUT2D eigenvalue weighted by Gasteiger charge is 2.34. The average Bonchev–Trinajstić information content (AvgIpc) is 3.54. The van der Waals surface area contributed by atoms with Gasteiger partial charge in [0, 0.05) is 54.4 Å². The minimum absolute atomic E-state index is 0.244. The minimum atomic E-state index is -0.394. The van der Waals surface area contributed by atoms with Crippen LogP contribution in [0.3, 0.4) is 0 Å². The maximum absolute atomic E-state index is 13.6. The zero-order valence-electron chi connectivity index (χ0n) is 19.8. The van der Waals surface area contributed by atoms with Gasteiger partial charge in [-0.2, -0.15) is 0 Å². The van der Waals surface area contributed by atoms with E-state index in [-0.39, 0.29) is 5.82 Å². The Hall–Kier alpha value is -4.03. The van der Waals surface area contributed by atoms with Crippen LogP contribution in [0.4, 0.5) is 4.39 Å². The first-order chi connectivity index (χ1) is 17.6. The number of pyridine rings is 1. The molecule has 2 aliphatic heterocycles. The molecular weight excluding hydrogens is 451 g/mol. The zero-order valence-corrected chi connectivity index (χ0v) is 19.8. The van der Waals surface area contributed by atoms with Crippen molar-refractivity contribution in [3.63, 3.8) is 0 Å². The maximum atomic E-state index is 13.6. The normalized spacial score (nSPS) is 19.6. The van der Waals surface area contributed by atoms with Crippen LogP contribution in [0.15, 0.2) is 85.3 Å². The van der Waals surface area contributed by atoms with E-state index < -0.39 is 5.91 Å². The summed E-state index contributed by atoms with van der Waals surface area (Å²) in [5, 5.41) is 0. The third kappa shape index (κ3) is 4.14. The summed E-state index contributed by atoms with van der Waals surface area (Å²) in [4.78, 5) is 21.7. The summed E-state index contributed by atoms with van der Waals surface area (Å²) >= 11 is 0. The van der Waals surface area contributed by atoms with Crippen LogP contribution in [0, 0.1) is 5.82 Å². The zero-order chi connectivity index (χ0) is 24.6. The molecule has 0 aliphatic carbocycles. The van der Waals surface area contributed by atoms with Gasteiger partial charge in [-0.25, -0.2) is 4.39 Å². The Balaban J connectivity index is 1.33. The van der Waals surface area contributed by atoms with E-state index in [1.807, 2.05) is 60.9 Å². The molecule has 2 atom stereocenters. The van der Waals surface area contributed by atoms with Gasteiger partial charge in [0.05, 0.1) is 5.69 Å². The second-order valence-electron chi connectivity index (χ2n) is 9.62. The van der Waals surface area contributed by atoms with Crippen LogP contribution < -0.4 is 5.73 Å². The second kappa shape index (κ2) is 9.21. The second-order valence-corrected chi connectivity index (χ2v) is 9.62. The van der Waals surface area contributed by atoms with Gasteiger partial charge < -0.3 is 10.7 Å². The Kier molecular flexibility index (Phi) is 5.74. The standard InChI is InChI=1S/C30H27FN4O/c31-25-7-5-21(6-8-25)29-28(20-9-12-33-13-10-20)27(17-34-29)23-11-14-35-18-24(16-26(35)15-23)19-1-3-22(4-2-19)30(32)36/h1-10,12-13,15,17,24,26,34H,11,14,16,18H2,(H2,32,36)/t24-,26-/m1/s1. The number of H-pyrrole nitrogens is 1. The maximum Gasteiger partial charge on any atom is 0.248 e. The van der Waals surface area contributed by atoms with Gasteiger partial charge in [-0.15, -0.1) is 0 Å². The molecule has 3 N–H and O–H groups in total. The lowest BCUT2D eigenvalue weighted by Gasteiger charge is -2.28. The first-order valence-electron chi connectivity index (χ1n) is 12.3. The molecule has 4 aromatic rings. The van der Waals surface area contributed by atoms with E-state index >= 15 is 0 Å². The summed E-state index contributed by atoms with van der Waals surface area (Å²) in [5.74, 6) is -0.214. The number of carbonyl (C=O) groups excluding carboxylic acids is 1. The Labute approximate surface area is 209 Å². The molecule has 36 heavy (non-hydrogen) atoms. The van der Waals surface area contributed by atoms with E-state index in [2.05, 4.69) is 27.1 Å². The average molecular weight is 479 g/mol. The third-order valence-corrected chi connectivity index (χ3v) is 7.51. The van der Waals surface area contributed by atoms with Gasteiger partial charge in [0.2, 0.25) is 5.91 Å². The lowest BCUT2D eigenvalue weighted by atomic mass is 9.90. The minimum Gasteiger partial charge on any atom is -0.366 e. The smallest absolute Gasteiger partial charge is 0.248 e. The summed E-state index contributed by atoms with van der Waals surface area (Å²) < 4.78 is 13.6. The van der Waals surface area contributed by atoms with Gasteiger partial charge in [0.25, 0.3) is 0 Å². The van der Waals surface area contributed by atoms with Crippen LogP contribution in [0.2, 0.25) is 0 Å². The number of nitrogens with zero attached hydrogens (tertiary/aromatic N) is 2. The molecule has 0 saturated carbocycles. The number of nitrogens with two attached hydrogens (primary N) is 1. The molecule has 2 aromatic heterocycles. The van der Waals surface area contributed by atoms with E-state index in [1.54, 1.807) is 0 Å². The number of fused-ring (bicyclic) bond motifs is 1. The number of amides is 1. The Morgan fingerprint density at radius 2 is 1.75 bits per heavy atom. The van der Waals surface area contributed by atoms with Crippen LogP contribution >= 0.6 is 0 Å². The van der Waals surface area contributed by atoms with Crippen LogP contribution in [-0.4, -0.2) is 39.9 Å². The van der Waals surface area contributed by atoms with E-state index in [1.165, 1.54) is 28.8 Å².